The number of nitrogens with zero attached hydrogens (tertiary/aromatic N) is 2. The lowest BCUT2D eigenvalue weighted by atomic mass is 9.48. The molecule has 5 rings (SSSR count). The topological polar surface area (TPSA) is 64.0 Å². The summed E-state index contributed by atoms with van der Waals surface area (Å²) in [5, 5.41) is 23.4. The normalized spacial score (nSPS) is 47.3. The second-order valence-corrected chi connectivity index (χ2v) is 12.4. The second kappa shape index (κ2) is 11.6. The number of hydrogen-bond donors (Lipinski definition) is 2. The minimum Gasteiger partial charge on any atom is -0.389 e. The van der Waals surface area contributed by atoms with Gasteiger partial charge in [-0.05, 0) is 70.5 Å². The van der Waals surface area contributed by atoms with Crippen molar-refractivity contribution >= 4 is 6.29 Å². The van der Waals surface area contributed by atoms with Gasteiger partial charge in [-0.3, -0.25) is 9.80 Å². The molecule has 2 N–H and O–H groups in total. The van der Waals surface area contributed by atoms with E-state index in [1.54, 1.807) is 6.08 Å². The van der Waals surface area contributed by atoms with Gasteiger partial charge in [0.2, 0.25) is 0 Å². The fourth-order valence-corrected chi connectivity index (χ4v) is 8.88. The largest absolute Gasteiger partial charge is 0.389 e. The lowest BCUT2D eigenvalue weighted by Gasteiger charge is -2.63. The molecule has 5 nitrogen and oxygen atoms in total. The fraction of sp³-hybridized carbons (Fsp3) is 0.774. The molecule has 200 valence electrons. The van der Waals surface area contributed by atoms with Crippen LogP contribution in [0.15, 0.2) is 36.5 Å². The maximum absolute atomic E-state index is 13.2. The number of aliphatic hydroxyl groups excluding tert-OH is 2. The van der Waals surface area contributed by atoms with E-state index in [0.29, 0.717) is 12.0 Å². The van der Waals surface area contributed by atoms with Crippen molar-refractivity contribution in [2.24, 2.45) is 16.7 Å². The van der Waals surface area contributed by atoms with E-state index < -0.39 is 23.0 Å². The van der Waals surface area contributed by atoms with Crippen molar-refractivity contribution in [2.75, 3.05) is 26.2 Å². The summed E-state index contributed by atoms with van der Waals surface area (Å²) in [5.74, 6) is 0.330. The Morgan fingerprint density at radius 3 is 2.44 bits per heavy atom. The number of aliphatic hydroxyl groups is 2. The highest BCUT2D eigenvalue weighted by molar-refractivity contribution is 5.63. The molecule has 5 aliphatic rings. The summed E-state index contributed by atoms with van der Waals surface area (Å²) in [5.41, 5.74) is -0.916. The molecule has 4 heterocycles. The first-order valence-electron chi connectivity index (χ1n) is 14.9. The van der Waals surface area contributed by atoms with Gasteiger partial charge in [-0.2, -0.15) is 0 Å². The van der Waals surface area contributed by atoms with E-state index in [2.05, 4.69) is 28.0 Å². The second-order valence-electron chi connectivity index (χ2n) is 12.4. The highest BCUT2D eigenvalue weighted by Gasteiger charge is 2.71. The molecule has 3 saturated heterocycles. The molecule has 0 aromatic carbocycles. The van der Waals surface area contributed by atoms with Crippen molar-refractivity contribution < 1.29 is 15.0 Å². The molecule has 5 heteroatoms. The standard InChI is InChI=1S/C31H48N2O3/c34-24-30-18-13-9-5-3-7-10-14-19-32-21-17-25-26(22-30)33-20-15-11-6-2-1-4-8-12-16-27(35)28(36)31(25,23-33)29(30)32/h2,4,6,8,12,16,24-29,35-36H,1,3,5,7,9-11,13-15,17-23H2/b6-2-,8-4-,16-12+/t25-,26+,27-,28+,29-,30-,31?/m0/s1. The third kappa shape index (κ3) is 4.81. The lowest BCUT2D eigenvalue weighted by Crippen LogP contribution is -2.72. The Morgan fingerprint density at radius 2 is 1.61 bits per heavy atom. The third-order valence-corrected chi connectivity index (χ3v) is 10.3. The number of carbonyl (C=O) groups excluding carboxylic acids is 1. The quantitative estimate of drug-likeness (QED) is 0.409. The Hall–Kier alpha value is -1.27. The molecular weight excluding hydrogens is 448 g/mol. The van der Waals surface area contributed by atoms with Crippen LogP contribution in [0.4, 0.5) is 0 Å². The van der Waals surface area contributed by atoms with Crippen molar-refractivity contribution in [2.45, 2.75) is 108 Å². The van der Waals surface area contributed by atoms with Crippen molar-refractivity contribution in [3.8, 4) is 0 Å². The van der Waals surface area contributed by atoms with Crippen LogP contribution < -0.4 is 0 Å². The zero-order valence-corrected chi connectivity index (χ0v) is 22.1. The zero-order chi connectivity index (χ0) is 25.0. The number of hydrogen-bond acceptors (Lipinski definition) is 5. The lowest BCUT2D eigenvalue weighted by molar-refractivity contribution is -0.185. The van der Waals surface area contributed by atoms with Crippen molar-refractivity contribution in [1.29, 1.82) is 0 Å². The molecule has 0 radical (unpaired) electrons. The predicted molar refractivity (Wildman–Crippen MR) is 145 cm³/mol. The molecule has 8 atom stereocenters. The molecule has 0 aromatic rings. The summed E-state index contributed by atoms with van der Waals surface area (Å²) >= 11 is 0. The summed E-state index contributed by atoms with van der Waals surface area (Å²) in [6.07, 6.45) is 26.2. The maximum Gasteiger partial charge on any atom is 0.127 e. The molecule has 4 aliphatic heterocycles. The first kappa shape index (κ1) is 26.3. The molecule has 1 saturated carbocycles. The van der Waals surface area contributed by atoms with Crippen LogP contribution in [-0.2, 0) is 4.79 Å². The fourth-order valence-electron chi connectivity index (χ4n) is 8.88. The van der Waals surface area contributed by atoms with E-state index >= 15 is 0 Å². The van der Waals surface area contributed by atoms with E-state index in [-0.39, 0.29) is 6.04 Å². The summed E-state index contributed by atoms with van der Waals surface area (Å²) in [6.45, 7) is 3.82. The van der Waals surface area contributed by atoms with Gasteiger partial charge < -0.3 is 15.0 Å². The Morgan fingerprint density at radius 1 is 0.833 bits per heavy atom. The average molecular weight is 497 g/mol. The molecule has 36 heavy (non-hydrogen) atoms. The van der Waals surface area contributed by atoms with Crippen LogP contribution in [0.2, 0.25) is 0 Å². The molecule has 1 aliphatic carbocycles. The molecule has 4 fully saturated rings. The van der Waals surface area contributed by atoms with Gasteiger partial charge in [0.15, 0.2) is 0 Å². The monoisotopic (exact) mass is 496 g/mol. The number of aldehydes is 1. The smallest absolute Gasteiger partial charge is 0.127 e. The van der Waals surface area contributed by atoms with Crippen LogP contribution >= 0.6 is 0 Å². The minimum atomic E-state index is -0.929. The summed E-state index contributed by atoms with van der Waals surface area (Å²) in [6, 6.07) is 0.329. The average Bonchev–Trinajstić information content (AvgIpc) is 3.11. The summed E-state index contributed by atoms with van der Waals surface area (Å²) in [4.78, 5) is 18.4. The van der Waals surface area contributed by atoms with Gasteiger partial charge >= 0.3 is 0 Å². The van der Waals surface area contributed by atoms with Crippen LogP contribution in [-0.4, -0.2) is 76.8 Å². The van der Waals surface area contributed by atoms with E-state index in [0.717, 1.165) is 77.5 Å². The van der Waals surface area contributed by atoms with E-state index in [9.17, 15) is 15.0 Å². The van der Waals surface area contributed by atoms with Crippen LogP contribution in [0.1, 0.15) is 83.5 Å². The highest BCUT2D eigenvalue weighted by Crippen LogP contribution is 2.63. The zero-order valence-electron chi connectivity index (χ0n) is 22.1. The summed E-state index contributed by atoms with van der Waals surface area (Å²) in [7, 11) is 0. The maximum atomic E-state index is 13.2. The molecule has 0 amide bonds. The first-order valence-corrected chi connectivity index (χ1v) is 14.9. The van der Waals surface area contributed by atoms with E-state index in [1.807, 2.05) is 12.2 Å². The third-order valence-electron chi connectivity index (χ3n) is 10.3. The van der Waals surface area contributed by atoms with Gasteiger partial charge in [0.05, 0.1) is 12.2 Å². The van der Waals surface area contributed by atoms with Crippen LogP contribution in [0.25, 0.3) is 0 Å². The van der Waals surface area contributed by atoms with Gasteiger partial charge in [0, 0.05) is 29.5 Å². The van der Waals surface area contributed by atoms with Gasteiger partial charge in [-0.15, -0.1) is 0 Å². The van der Waals surface area contributed by atoms with Crippen LogP contribution in [0, 0.1) is 16.7 Å². The number of piperidine rings is 1. The van der Waals surface area contributed by atoms with Crippen molar-refractivity contribution in [3.63, 3.8) is 0 Å². The van der Waals surface area contributed by atoms with Gasteiger partial charge in [0.25, 0.3) is 0 Å². The molecule has 1 spiro atoms. The van der Waals surface area contributed by atoms with Gasteiger partial charge in [-0.25, -0.2) is 0 Å². The molecule has 5 bridgehead atoms. The molecular formula is C31H48N2O3. The number of allylic oxidation sites excluding steroid dienone is 5. The minimum absolute atomic E-state index is 0.00565. The van der Waals surface area contributed by atoms with Gasteiger partial charge in [-0.1, -0.05) is 75.0 Å². The first-order chi connectivity index (χ1) is 17.6. The Bertz CT molecular complexity index is 840. The van der Waals surface area contributed by atoms with Crippen molar-refractivity contribution in [3.05, 3.63) is 36.5 Å². The Balaban J connectivity index is 1.58. The van der Waals surface area contributed by atoms with Crippen LogP contribution in [0.5, 0.6) is 0 Å². The number of carbonyl (C=O) groups is 1. The molecule has 0 aromatic heterocycles. The van der Waals surface area contributed by atoms with Crippen LogP contribution in [0.3, 0.4) is 0 Å². The van der Waals surface area contributed by atoms with E-state index in [1.165, 1.54) is 38.4 Å². The Kier molecular flexibility index (Phi) is 8.51. The number of fused-ring (bicyclic) bond motifs is 2. The SMILES string of the molecule is O=C[C@]12CCCCCCCCCN3CC[C@H]4[C@@H](C1)N1CCC/C=C\C/C=C\C=C\[C@H](O)[C@@H](O)C4(C1)[C@@H]32. The summed E-state index contributed by atoms with van der Waals surface area (Å²) < 4.78 is 0. The predicted octanol–water partition coefficient (Wildman–Crippen LogP) is 4.65. The molecule has 2 unspecified atom stereocenters. The Labute approximate surface area is 218 Å². The number of rotatable bonds is 1. The van der Waals surface area contributed by atoms with E-state index in [4.69, 9.17) is 0 Å². The van der Waals surface area contributed by atoms with Crippen molar-refractivity contribution in [1.82, 2.24) is 9.80 Å². The highest BCUT2D eigenvalue weighted by atomic mass is 16.3. The van der Waals surface area contributed by atoms with Gasteiger partial charge in [0.1, 0.15) is 6.29 Å².